The van der Waals surface area contributed by atoms with E-state index < -0.39 is 17.2 Å². The van der Waals surface area contributed by atoms with E-state index in [1.807, 2.05) is 0 Å². The van der Waals surface area contributed by atoms with Gasteiger partial charge in [0.1, 0.15) is 5.82 Å². The van der Waals surface area contributed by atoms with Gasteiger partial charge in [-0.15, -0.1) is 0 Å². The van der Waals surface area contributed by atoms with Crippen LogP contribution in [0.2, 0.25) is 0 Å². The lowest BCUT2D eigenvalue weighted by Gasteiger charge is -2.09. The Kier molecular flexibility index (Phi) is 6.07. The van der Waals surface area contributed by atoms with Crippen molar-refractivity contribution in [3.63, 3.8) is 0 Å². The monoisotopic (exact) mass is 323 g/mol. The van der Waals surface area contributed by atoms with E-state index in [1.54, 1.807) is 0 Å². The number of nitrogens with two attached hydrogens (primary N) is 1. The number of hydrogen-bond acceptors (Lipinski definition) is 3. The quantitative estimate of drug-likeness (QED) is 0.595. The van der Waals surface area contributed by atoms with Gasteiger partial charge in [-0.2, -0.15) is 0 Å². The highest BCUT2D eigenvalue weighted by molar-refractivity contribution is 5.77. The van der Waals surface area contributed by atoms with Gasteiger partial charge in [0.2, 0.25) is 0 Å². The second kappa shape index (κ2) is 8.04. The van der Waals surface area contributed by atoms with Crippen molar-refractivity contribution in [2.75, 3.05) is 5.84 Å². The zero-order chi connectivity index (χ0) is 16.8. The summed E-state index contributed by atoms with van der Waals surface area (Å²) in [4.78, 5) is 16.3. The minimum absolute atomic E-state index is 0.00489. The number of rotatable bonds is 8. The van der Waals surface area contributed by atoms with Crippen molar-refractivity contribution in [2.45, 2.75) is 58.3 Å². The Hall–Kier alpha value is -1.98. The van der Waals surface area contributed by atoms with Gasteiger partial charge in [-0.3, -0.25) is 4.79 Å². The number of halogens is 2. The summed E-state index contributed by atoms with van der Waals surface area (Å²) < 4.78 is 27.5. The highest BCUT2D eigenvalue weighted by Gasteiger charge is 2.12. The molecular weight excluding hydrogens is 300 g/mol. The van der Waals surface area contributed by atoms with Gasteiger partial charge in [0.15, 0.2) is 11.6 Å². The molecule has 0 amide bonds. The number of benzene rings is 1. The van der Waals surface area contributed by atoms with Crippen LogP contribution in [0.25, 0.3) is 10.9 Å². The predicted molar refractivity (Wildman–Crippen MR) is 87.8 cm³/mol. The molecule has 1 aromatic heterocycles. The molecule has 0 saturated carbocycles. The molecule has 126 valence electrons. The first-order chi connectivity index (χ1) is 11.0. The number of fused-ring (bicyclic) bond motifs is 1. The molecule has 6 heteroatoms. The van der Waals surface area contributed by atoms with Gasteiger partial charge in [-0.05, 0) is 12.5 Å². The van der Waals surface area contributed by atoms with E-state index >= 15 is 0 Å². The summed E-state index contributed by atoms with van der Waals surface area (Å²) in [6.45, 7) is 2.18. The van der Waals surface area contributed by atoms with Gasteiger partial charge in [0.25, 0.3) is 5.56 Å². The maximum Gasteiger partial charge on any atom is 0.279 e. The largest absolute Gasteiger partial charge is 0.335 e. The van der Waals surface area contributed by atoms with Crippen LogP contribution in [0.3, 0.4) is 0 Å². The summed E-state index contributed by atoms with van der Waals surface area (Å²) in [5.41, 5.74) is -0.402. The molecule has 0 atom stereocenters. The summed E-state index contributed by atoms with van der Waals surface area (Å²) in [6.07, 6.45) is 8.53. The molecule has 2 N–H and O–H groups in total. The molecule has 1 aromatic carbocycles. The average Bonchev–Trinajstić information content (AvgIpc) is 2.53. The highest BCUT2D eigenvalue weighted by atomic mass is 19.2. The summed E-state index contributed by atoms with van der Waals surface area (Å²) in [5, 5.41) is -0.00489. The molecule has 2 aromatic rings. The van der Waals surface area contributed by atoms with Gasteiger partial charge in [-0.1, -0.05) is 45.4 Å². The van der Waals surface area contributed by atoms with E-state index in [0.29, 0.717) is 12.2 Å². The van der Waals surface area contributed by atoms with Crippen LogP contribution < -0.4 is 11.4 Å². The molecule has 0 aliphatic carbocycles. The van der Waals surface area contributed by atoms with Crippen LogP contribution >= 0.6 is 0 Å². The van der Waals surface area contributed by atoms with Crippen LogP contribution in [-0.4, -0.2) is 9.66 Å². The smallest absolute Gasteiger partial charge is 0.279 e. The summed E-state index contributed by atoms with van der Waals surface area (Å²) in [6, 6.07) is 1.79. The molecule has 0 radical (unpaired) electrons. The standard InChI is InChI=1S/C17H23F2N3O/c1-2-3-4-5-6-7-8-9-16-21-15-11-14(19)13(18)10-12(15)17(23)22(16)20/h10-11H,2-9,20H2,1H3. The van der Waals surface area contributed by atoms with E-state index in [2.05, 4.69) is 11.9 Å². The molecule has 23 heavy (non-hydrogen) atoms. The third-order valence-corrected chi connectivity index (χ3v) is 4.02. The molecule has 1 heterocycles. The Bertz CT molecular complexity index is 728. The Morgan fingerprint density at radius 3 is 2.35 bits per heavy atom. The average molecular weight is 323 g/mol. The number of unbranched alkanes of at least 4 members (excludes halogenated alkanes) is 6. The van der Waals surface area contributed by atoms with Crippen LogP contribution in [0.15, 0.2) is 16.9 Å². The lowest BCUT2D eigenvalue weighted by Crippen LogP contribution is -2.31. The minimum Gasteiger partial charge on any atom is -0.335 e. The van der Waals surface area contributed by atoms with Crippen molar-refractivity contribution < 1.29 is 8.78 Å². The van der Waals surface area contributed by atoms with Crippen LogP contribution in [-0.2, 0) is 6.42 Å². The first-order valence-electron chi connectivity index (χ1n) is 8.20. The van der Waals surface area contributed by atoms with Crippen LogP contribution in [0.4, 0.5) is 8.78 Å². The molecule has 0 fully saturated rings. The van der Waals surface area contributed by atoms with Crippen LogP contribution in [0.1, 0.15) is 57.7 Å². The zero-order valence-corrected chi connectivity index (χ0v) is 13.4. The van der Waals surface area contributed by atoms with E-state index in [4.69, 9.17) is 5.84 Å². The third-order valence-electron chi connectivity index (χ3n) is 4.02. The van der Waals surface area contributed by atoms with Gasteiger partial charge >= 0.3 is 0 Å². The molecule has 0 spiro atoms. The van der Waals surface area contributed by atoms with Crippen LogP contribution in [0.5, 0.6) is 0 Å². The second-order valence-electron chi connectivity index (χ2n) is 5.86. The summed E-state index contributed by atoms with van der Waals surface area (Å²) in [5.74, 6) is 4.06. The lowest BCUT2D eigenvalue weighted by molar-refractivity contribution is 0.510. The number of hydrogen-bond donors (Lipinski definition) is 1. The Balaban J connectivity index is 2.05. The lowest BCUT2D eigenvalue weighted by atomic mass is 10.1. The van der Waals surface area contributed by atoms with E-state index in [1.165, 1.54) is 25.7 Å². The van der Waals surface area contributed by atoms with Crippen molar-refractivity contribution in [2.24, 2.45) is 0 Å². The highest BCUT2D eigenvalue weighted by Crippen LogP contribution is 2.15. The predicted octanol–water partition coefficient (Wildman–Crippen LogP) is 3.68. The Morgan fingerprint density at radius 2 is 1.65 bits per heavy atom. The van der Waals surface area contributed by atoms with E-state index in [-0.39, 0.29) is 10.9 Å². The third kappa shape index (κ3) is 4.27. The Labute approximate surface area is 134 Å². The normalized spacial score (nSPS) is 11.3. The van der Waals surface area contributed by atoms with Crippen LogP contribution in [0, 0.1) is 11.6 Å². The van der Waals surface area contributed by atoms with Gasteiger partial charge in [0.05, 0.1) is 10.9 Å². The van der Waals surface area contributed by atoms with Gasteiger partial charge in [-0.25, -0.2) is 18.4 Å². The molecule has 4 nitrogen and oxygen atoms in total. The van der Waals surface area contributed by atoms with E-state index in [9.17, 15) is 13.6 Å². The van der Waals surface area contributed by atoms with Crippen molar-refractivity contribution in [3.8, 4) is 0 Å². The SMILES string of the molecule is CCCCCCCCCc1nc2cc(F)c(F)cc2c(=O)n1N. The van der Waals surface area contributed by atoms with Crippen molar-refractivity contribution in [3.05, 3.63) is 39.9 Å². The number of nitrogens with zero attached hydrogens (tertiary/aromatic N) is 2. The molecule has 2 rings (SSSR count). The second-order valence-corrected chi connectivity index (χ2v) is 5.86. The van der Waals surface area contributed by atoms with Gasteiger partial charge in [0, 0.05) is 12.5 Å². The molecular formula is C17H23F2N3O. The summed E-state index contributed by atoms with van der Waals surface area (Å²) >= 11 is 0. The van der Waals surface area contributed by atoms with Crippen molar-refractivity contribution >= 4 is 10.9 Å². The fourth-order valence-corrected chi connectivity index (χ4v) is 2.66. The Morgan fingerprint density at radius 1 is 1.04 bits per heavy atom. The first kappa shape index (κ1) is 17.4. The van der Waals surface area contributed by atoms with Crippen molar-refractivity contribution in [1.29, 1.82) is 0 Å². The fraction of sp³-hybridized carbons (Fsp3) is 0.529. The number of nitrogen functional groups attached to an aromatic ring is 1. The number of aromatic nitrogens is 2. The minimum atomic E-state index is -1.07. The molecule has 0 saturated heterocycles. The topological polar surface area (TPSA) is 60.9 Å². The molecule has 0 unspecified atom stereocenters. The van der Waals surface area contributed by atoms with E-state index in [0.717, 1.165) is 36.1 Å². The van der Waals surface area contributed by atoms with Gasteiger partial charge < -0.3 is 5.84 Å². The maximum absolute atomic E-state index is 13.3. The number of aryl methyl sites for hydroxylation is 1. The fourth-order valence-electron chi connectivity index (χ4n) is 2.66. The first-order valence-corrected chi connectivity index (χ1v) is 8.20. The molecule has 0 aliphatic heterocycles. The summed E-state index contributed by atoms with van der Waals surface area (Å²) in [7, 11) is 0. The zero-order valence-electron chi connectivity index (χ0n) is 13.4. The maximum atomic E-state index is 13.3. The molecule has 0 aliphatic rings. The molecule has 0 bridgehead atoms. The van der Waals surface area contributed by atoms with Crippen molar-refractivity contribution in [1.82, 2.24) is 9.66 Å².